The van der Waals surface area contributed by atoms with Gasteiger partial charge >= 0.3 is 0 Å². The molecule has 2 rings (SSSR count). The molecule has 1 saturated carbocycles. The van der Waals surface area contributed by atoms with E-state index < -0.39 is 0 Å². The first-order valence-electron chi connectivity index (χ1n) is 8.22. The summed E-state index contributed by atoms with van der Waals surface area (Å²) in [5, 5.41) is 3.54. The van der Waals surface area contributed by atoms with E-state index in [-0.39, 0.29) is 17.6 Å². The number of hydrogen-bond donors (Lipinski definition) is 0. The molecule has 1 amide bonds. The van der Waals surface area contributed by atoms with Crippen LogP contribution in [-0.4, -0.2) is 30.0 Å². The lowest BCUT2D eigenvalue weighted by atomic mass is 9.80. The van der Waals surface area contributed by atoms with Gasteiger partial charge in [0.05, 0.1) is 6.54 Å². The number of halogens is 1. The highest BCUT2D eigenvalue weighted by Crippen LogP contribution is 2.31. The van der Waals surface area contributed by atoms with Crippen molar-refractivity contribution in [2.45, 2.75) is 45.6 Å². The lowest BCUT2D eigenvalue weighted by molar-refractivity contribution is -0.152. The molecule has 1 aromatic rings. The average Bonchev–Trinajstić information content (AvgIpc) is 2.52. The molecule has 0 bridgehead atoms. The van der Waals surface area contributed by atoms with Crippen LogP contribution in [0.15, 0.2) is 24.3 Å². The van der Waals surface area contributed by atoms with Crippen LogP contribution >= 0.6 is 0 Å². The fourth-order valence-electron chi connectivity index (χ4n) is 3.30. The second-order valence-corrected chi connectivity index (χ2v) is 6.56. The number of nitrogens with zero attached hydrogens (tertiary/aromatic N) is 2. The van der Waals surface area contributed by atoms with Crippen molar-refractivity contribution in [2.75, 3.05) is 14.1 Å². The highest BCUT2D eigenvalue weighted by Gasteiger charge is 2.30. The number of hydrazine groups is 1. The Kier molecular flexibility index (Phi) is 5.95. The Bertz CT molecular complexity index is 498. The van der Waals surface area contributed by atoms with E-state index in [1.165, 1.54) is 31.4 Å². The Hall–Kier alpha value is -1.42. The zero-order valence-electron chi connectivity index (χ0n) is 13.9. The zero-order chi connectivity index (χ0) is 16.1. The van der Waals surface area contributed by atoms with Crippen molar-refractivity contribution in [1.82, 2.24) is 10.0 Å². The van der Waals surface area contributed by atoms with Crippen LogP contribution in [0.4, 0.5) is 4.39 Å². The number of amides is 1. The number of carbonyl (C=O) groups is 1. The molecule has 0 aromatic heterocycles. The third-order valence-electron chi connectivity index (χ3n) is 4.71. The summed E-state index contributed by atoms with van der Waals surface area (Å²) in [6, 6.07) is 6.47. The third-order valence-corrected chi connectivity index (χ3v) is 4.71. The van der Waals surface area contributed by atoms with Crippen LogP contribution in [0, 0.1) is 17.7 Å². The van der Waals surface area contributed by atoms with Crippen LogP contribution in [-0.2, 0) is 11.3 Å². The van der Waals surface area contributed by atoms with Crippen molar-refractivity contribution >= 4 is 5.91 Å². The minimum absolute atomic E-state index is 0.0243. The minimum atomic E-state index is -0.260. The Morgan fingerprint density at radius 2 is 1.95 bits per heavy atom. The summed E-state index contributed by atoms with van der Waals surface area (Å²) in [7, 11) is 3.73. The van der Waals surface area contributed by atoms with Gasteiger partial charge in [-0.2, -0.15) is 0 Å². The maximum atomic E-state index is 13.4. The van der Waals surface area contributed by atoms with Gasteiger partial charge in [0.1, 0.15) is 5.82 Å². The molecule has 1 atom stereocenters. The predicted molar refractivity (Wildman–Crippen MR) is 86.4 cm³/mol. The first-order chi connectivity index (χ1) is 10.5. The van der Waals surface area contributed by atoms with E-state index in [0.29, 0.717) is 12.5 Å². The molecule has 1 unspecified atom stereocenters. The van der Waals surface area contributed by atoms with Crippen LogP contribution in [0.25, 0.3) is 0 Å². The fourth-order valence-corrected chi connectivity index (χ4v) is 3.30. The van der Waals surface area contributed by atoms with Crippen LogP contribution in [0.5, 0.6) is 0 Å². The number of hydrogen-bond acceptors (Lipinski definition) is 2. The second kappa shape index (κ2) is 7.73. The Morgan fingerprint density at radius 1 is 1.27 bits per heavy atom. The molecule has 0 spiro atoms. The Balaban J connectivity index is 2.07. The van der Waals surface area contributed by atoms with Gasteiger partial charge in [-0.05, 0) is 36.5 Å². The van der Waals surface area contributed by atoms with Gasteiger partial charge in [0, 0.05) is 20.0 Å². The minimum Gasteiger partial charge on any atom is -0.273 e. The average molecular weight is 306 g/mol. The van der Waals surface area contributed by atoms with Gasteiger partial charge in [0.2, 0.25) is 5.91 Å². The molecule has 1 aliphatic carbocycles. The molecule has 0 N–H and O–H groups in total. The van der Waals surface area contributed by atoms with Crippen molar-refractivity contribution < 1.29 is 9.18 Å². The molecule has 0 heterocycles. The molecule has 22 heavy (non-hydrogen) atoms. The first kappa shape index (κ1) is 16.9. The van der Waals surface area contributed by atoms with Gasteiger partial charge in [-0.1, -0.05) is 38.3 Å². The molecule has 4 heteroatoms. The van der Waals surface area contributed by atoms with Crippen molar-refractivity contribution in [1.29, 1.82) is 0 Å². The van der Waals surface area contributed by atoms with Crippen LogP contribution in [0.1, 0.15) is 44.6 Å². The van der Waals surface area contributed by atoms with Crippen molar-refractivity contribution in [2.24, 2.45) is 11.8 Å². The van der Waals surface area contributed by atoms with Gasteiger partial charge in [-0.25, -0.2) is 9.40 Å². The monoisotopic (exact) mass is 306 g/mol. The topological polar surface area (TPSA) is 23.6 Å². The smallest absolute Gasteiger partial charge is 0.240 e. The lowest BCUT2D eigenvalue weighted by Crippen LogP contribution is -2.45. The number of benzene rings is 1. The molecule has 1 aromatic carbocycles. The molecule has 122 valence electrons. The summed E-state index contributed by atoms with van der Waals surface area (Å²) in [5.41, 5.74) is 0.817. The Labute approximate surface area is 133 Å². The van der Waals surface area contributed by atoms with E-state index in [2.05, 4.69) is 0 Å². The first-order valence-corrected chi connectivity index (χ1v) is 8.22. The summed E-state index contributed by atoms with van der Waals surface area (Å²) in [5.74, 6) is 0.387. The van der Waals surface area contributed by atoms with E-state index in [9.17, 15) is 9.18 Å². The number of carbonyl (C=O) groups excluding carboxylic acids is 1. The molecular weight excluding hydrogens is 279 g/mol. The molecular formula is C18H27FN2O. The quantitative estimate of drug-likeness (QED) is 0.772. The molecule has 1 aliphatic rings. The van der Waals surface area contributed by atoms with Gasteiger partial charge in [0.25, 0.3) is 0 Å². The summed E-state index contributed by atoms with van der Waals surface area (Å²) in [4.78, 5) is 12.9. The highest BCUT2D eigenvalue weighted by molar-refractivity contribution is 5.78. The maximum absolute atomic E-state index is 13.4. The molecule has 3 nitrogen and oxygen atoms in total. The van der Waals surface area contributed by atoms with Crippen LogP contribution in [0.3, 0.4) is 0 Å². The third kappa shape index (κ3) is 4.29. The molecule has 0 radical (unpaired) electrons. The predicted octanol–water partition coefficient (Wildman–Crippen LogP) is 3.85. The maximum Gasteiger partial charge on any atom is 0.240 e. The van der Waals surface area contributed by atoms with Crippen LogP contribution < -0.4 is 0 Å². The van der Waals surface area contributed by atoms with Crippen LogP contribution in [0.2, 0.25) is 0 Å². The van der Waals surface area contributed by atoms with Gasteiger partial charge < -0.3 is 0 Å². The van der Waals surface area contributed by atoms with Gasteiger partial charge in [0.15, 0.2) is 0 Å². The second-order valence-electron chi connectivity index (χ2n) is 6.56. The highest BCUT2D eigenvalue weighted by atomic mass is 19.1. The van der Waals surface area contributed by atoms with E-state index >= 15 is 0 Å². The van der Waals surface area contributed by atoms with Crippen molar-refractivity contribution in [3.8, 4) is 0 Å². The zero-order valence-corrected chi connectivity index (χ0v) is 13.9. The van der Waals surface area contributed by atoms with E-state index in [1.54, 1.807) is 11.1 Å². The van der Waals surface area contributed by atoms with E-state index in [4.69, 9.17) is 0 Å². The molecule has 0 aliphatic heterocycles. The Morgan fingerprint density at radius 3 is 2.55 bits per heavy atom. The van der Waals surface area contributed by atoms with E-state index in [0.717, 1.165) is 18.4 Å². The van der Waals surface area contributed by atoms with Crippen molar-refractivity contribution in [3.05, 3.63) is 35.6 Å². The molecule has 1 fully saturated rings. The summed E-state index contributed by atoms with van der Waals surface area (Å²) in [6.45, 7) is 2.46. The van der Waals surface area contributed by atoms with Gasteiger partial charge in [-0.15, -0.1) is 0 Å². The van der Waals surface area contributed by atoms with Gasteiger partial charge in [-0.3, -0.25) is 9.80 Å². The van der Waals surface area contributed by atoms with Crippen molar-refractivity contribution in [3.63, 3.8) is 0 Å². The summed E-state index contributed by atoms with van der Waals surface area (Å²) < 4.78 is 13.4. The standard InChI is InChI=1S/C18H27FN2O/c1-14(16-9-5-4-6-10-16)18(22)21(20(2)3)13-15-8-7-11-17(19)12-15/h7-8,11-12,14,16H,4-6,9-10,13H2,1-3H3. The lowest BCUT2D eigenvalue weighted by Gasteiger charge is -2.35. The normalized spacial score (nSPS) is 17.5. The van der Waals surface area contributed by atoms with E-state index in [1.807, 2.05) is 32.1 Å². The fraction of sp³-hybridized carbons (Fsp3) is 0.611. The SMILES string of the molecule is CC(C(=O)N(Cc1cccc(F)c1)N(C)C)C1CCCCC1. The summed E-state index contributed by atoms with van der Waals surface area (Å²) in [6.07, 6.45) is 6.04. The largest absolute Gasteiger partial charge is 0.273 e. The number of rotatable bonds is 5. The molecule has 0 saturated heterocycles. The summed E-state index contributed by atoms with van der Waals surface area (Å²) >= 11 is 0.